The van der Waals surface area contributed by atoms with Crippen LogP contribution in [0.1, 0.15) is 36.2 Å². The van der Waals surface area contributed by atoms with E-state index in [1.807, 2.05) is 6.08 Å². The number of hydrogen-bond donors (Lipinski definition) is 1. The predicted molar refractivity (Wildman–Crippen MR) is 59.5 cm³/mol. The second-order valence-electron chi connectivity index (χ2n) is 3.75. The van der Waals surface area contributed by atoms with Gasteiger partial charge >= 0.3 is 0 Å². The van der Waals surface area contributed by atoms with Gasteiger partial charge in [-0.05, 0) is 43.4 Å². The third-order valence-electron chi connectivity index (χ3n) is 2.59. The fraction of sp³-hybridized carbons (Fsp3) is 0.333. The number of Topliss-reactive ketones (excluding diaryl/α,β-unsaturated/α-hetero) is 1. The molecule has 0 amide bonds. The molecule has 0 saturated carbocycles. The zero-order chi connectivity index (χ0) is 10.7. The first kappa shape index (κ1) is 9.90. The van der Waals surface area contributed by atoms with Gasteiger partial charge in [0.1, 0.15) is 11.5 Å². The minimum Gasteiger partial charge on any atom is -0.384 e. The van der Waals surface area contributed by atoms with Crippen molar-refractivity contribution in [1.82, 2.24) is 4.98 Å². The highest BCUT2D eigenvalue weighted by atomic mass is 16.1. The first-order chi connectivity index (χ1) is 7.27. The molecule has 1 aliphatic carbocycles. The van der Waals surface area contributed by atoms with Crippen molar-refractivity contribution in [1.29, 1.82) is 0 Å². The number of ketones is 1. The molecular formula is C12H14N2O. The van der Waals surface area contributed by atoms with Gasteiger partial charge in [0.05, 0.1) is 0 Å². The number of nitrogen functional groups attached to an aromatic ring is 1. The number of rotatable bonds is 2. The molecule has 0 aromatic carbocycles. The summed E-state index contributed by atoms with van der Waals surface area (Å²) in [5, 5.41) is 0. The van der Waals surface area contributed by atoms with Crippen LogP contribution in [0.25, 0.3) is 0 Å². The number of hydrogen-bond acceptors (Lipinski definition) is 3. The maximum absolute atomic E-state index is 12.0. The van der Waals surface area contributed by atoms with E-state index in [1.54, 1.807) is 18.2 Å². The number of aromatic nitrogens is 1. The van der Waals surface area contributed by atoms with Gasteiger partial charge in [-0.25, -0.2) is 4.98 Å². The number of carbonyl (C=O) groups excluding carboxylic acids is 1. The monoisotopic (exact) mass is 202 g/mol. The molecule has 0 fully saturated rings. The number of nitrogens with zero attached hydrogens (tertiary/aromatic N) is 1. The van der Waals surface area contributed by atoms with E-state index in [1.165, 1.54) is 6.42 Å². The van der Waals surface area contributed by atoms with E-state index in [9.17, 15) is 4.79 Å². The summed E-state index contributed by atoms with van der Waals surface area (Å²) in [5.74, 6) is 0.430. The van der Waals surface area contributed by atoms with E-state index >= 15 is 0 Å². The van der Waals surface area contributed by atoms with Gasteiger partial charge in [-0.1, -0.05) is 12.1 Å². The van der Waals surface area contributed by atoms with Crippen LogP contribution >= 0.6 is 0 Å². The summed E-state index contributed by atoms with van der Waals surface area (Å²) >= 11 is 0. The van der Waals surface area contributed by atoms with Crippen LogP contribution in [0.4, 0.5) is 5.82 Å². The van der Waals surface area contributed by atoms with Crippen molar-refractivity contribution in [3.63, 3.8) is 0 Å². The largest absolute Gasteiger partial charge is 0.384 e. The summed E-state index contributed by atoms with van der Waals surface area (Å²) in [7, 11) is 0. The molecule has 3 heteroatoms. The van der Waals surface area contributed by atoms with Crippen molar-refractivity contribution in [2.45, 2.75) is 25.7 Å². The summed E-state index contributed by atoms with van der Waals surface area (Å²) in [6, 6.07) is 5.17. The standard InChI is InChI=1S/C12H14N2O/c13-11-8-4-7-10(14-11)12(15)9-5-2-1-3-6-9/h4-5,7-8H,1-3,6H2,(H2,13,14). The first-order valence-corrected chi connectivity index (χ1v) is 5.23. The fourth-order valence-electron chi connectivity index (χ4n) is 1.79. The third kappa shape index (κ3) is 2.24. The highest BCUT2D eigenvalue weighted by Gasteiger charge is 2.15. The molecule has 15 heavy (non-hydrogen) atoms. The molecule has 3 nitrogen and oxygen atoms in total. The average molecular weight is 202 g/mol. The van der Waals surface area contributed by atoms with Crippen molar-refractivity contribution >= 4 is 11.6 Å². The lowest BCUT2D eigenvalue weighted by molar-refractivity contribution is 0.102. The van der Waals surface area contributed by atoms with Gasteiger partial charge in [0.15, 0.2) is 0 Å². The van der Waals surface area contributed by atoms with Gasteiger partial charge in [0, 0.05) is 0 Å². The predicted octanol–water partition coefficient (Wildman–Crippen LogP) is 2.35. The second-order valence-corrected chi connectivity index (χ2v) is 3.75. The molecular weight excluding hydrogens is 188 g/mol. The zero-order valence-corrected chi connectivity index (χ0v) is 8.57. The Bertz CT molecular complexity index is 410. The van der Waals surface area contributed by atoms with E-state index in [0.717, 1.165) is 24.8 Å². The summed E-state index contributed by atoms with van der Waals surface area (Å²) in [6.07, 6.45) is 6.18. The van der Waals surface area contributed by atoms with Crippen LogP contribution in [0.5, 0.6) is 0 Å². The summed E-state index contributed by atoms with van der Waals surface area (Å²) in [4.78, 5) is 16.0. The molecule has 0 aliphatic heterocycles. The van der Waals surface area contributed by atoms with Crippen molar-refractivity contribution < 1.29 is 4.79 Å². The molecule has 2 rings (SSSR count). The minimum atomic E-state index is 0.0296. The van der Waals surface area contributed by atoms with Crippen molar-refractivity contribution in [3.8, 4) is 0 Å². The molecule has 1 aliphatic rings. The summed E-state index contributed by atoms with van der Waals surface area (Å²) < 4.78 is 0. The Morgan fingerprint density at radius 3 is 2.87 bits per heavy atom. The van der Waals surface area contributed by atoms with Crippen LogP contribution in [0, 0.1) is 0 Å². The van der Waals surface area contributed by atoms with Crippen LogP contribution in [-0.2, 0) is 0 Å². The van der Waals surface area contributed by atoms with E-state index < -0.39 is 0 Å². The number of pyridine rings is 1. The number of nitrogens with two attached hydrogens (primary N) is 1. The lowest BCUT2D eigenvalue weighted by Crippen LogP contribution is -2.09. The highest BCUT2D eigenvalue weighted by Crippen LogP contribution is 2.20. The molecule has 1 aromatic heterocycles. The second kappa shape index (κ2) is 4.26. The van der Waals surface area contributed by atoms with E-state index in [0.29, 0.717) is 11.5 Å². The quantitative estimate of drug-likeness (QED) is 0.749. The van der Waals surface area contributed by atoms with E-state index in [2.05, 4.69) is 4.98 Å². The SMILES string of the molecule is Nc1cccc(C(=O)C2=CCCCC2)n1. The number of anilines is 1. The summed E-state index contributed by atoms with van der Waals surface area (Å²) in [6.45, 7) is 0. The average Bonchev–Trinajstić information content (AvgIpc) is 2.29. The molecule has 0 radical (unpaired) electrons. The maximum Gasteiger partial charge on any atom is 0.207 e. The van der Waals surface area contributed by atoms with Gasteiger partial charge < -0.3 is 5.73 Å². The van der Waals surface area contributed by atoms with Crippen molar-refractivity contribution in [3.05, 3.63) is 35.5 Å². The van der Waals surface area contributed by atoms with Crippen LogP contribution in [0.15, 0.2) is 29.8 Å². The highest BCUT2D eigenvalue weighted by molar-refractivity contribution is 6.07. The maximum atomic E-state index is 12.0. The first-order valence-electron chi connectivity index (χ1n) is 5.23. The van der Waals surface area contributed by atoms with Crippen LogP contribution in [0.3, 0.4) is 0 Å². The topological polar surface area (TPSA) is 56.0 Å². The molecule has 0 unspecified atom stereocenters. The van der Waals surface area contributed by atoms with Crippen molar-refractivity contribution in [2.75, 3.05) is 5.73 Å². The lowest BCUT2D eigenvalue weighted by atomic mass is 9.95. The van der Waals surface area contributed by atoms with Crippen LogP contribution < -0.4 is 5.73 Å². The van der Waals surface area contributed by atoms with Gasteiger partial charge in [-0.15, -0.1) is 0 Å². The summed E-state index contributed by atoms with van der Waals surface area (Å²) in [5.41, 5.74) is 6.89. The Morgan fingerprint density at radius 1 is 1.33 bits per heavy atom. The molecule has 0 bridgehead atoms. The molecule has 1 aromatic rings. The molecule has 0 atom stereocenters. The van der Waals surface area contributed by atoms with Crippen LogP contribution in [0.2, 0.25) is 0 Å². The van der Waals surface area contributed by atoms with E-state index in [4.69, 9.17) is 5.73 Å². The number of allylic oxidation sites excluding steroid dienone is 2. The van der Waals surface area contributed by atoms with Gasteiger partial charge in [-0.3, -0.25) is 4.79 Å². The Hall–Kier alpha value is -1.64. The van der Waals surface area contributed by atoms with Crippen molar-refractivity contribution in [2.24, 2.45) is 0 Å². The molecule has 78 valence electrons. The normalized spacial score (nSPS) is 15.9. The zero-order valence-electron chi connectivity index (χ0n) is 8.57. The van der Waals surface area contributed by atoms with Gasteiger partial charge in [-0.2, -0.15) is 0 Å². The van der Waals surface area contributed by atoms with Gasteiger partial charge in [0.2, 0.25) is 5.78 Å². The molecule has 0 spiro atoms. The Labute approximate surface area is 89.0 Å². The smallest absolute Gasteiger partial charge is 0.207 e. The Balaban J connectivity index is 2.24. The molecule has 1 heterocycles. The van der Waals surface area contributed by atoms with E-state index in [-0.39, 0.29) is 5.78 Å². The van der Waals surface area contributed by atoms with Gasteiger partial charge in [0.25, 0.3) is 0 Å². The molecule has 2 N–H and O–H groups in total. The Kier molecular flexibility index (Phi) is 2.81. The Morgan fingerprint density at radius 2 is 2.20 bits per heavy atom. The minimum absolute atomic E-state index is 0.0296. The lowest BCUT2D eigenvalue weighted by Gasteiger charge is -2.10. The van der Waals surface area contributed by atoms with Crippen LogP contribution in [-0.4, -0.2) is 10.8 Å². The fourth-order valence-corrected chi connectivity index (χ4v) is 1.79. The molecule has 0 saturated heterocycles. The number of carbonyl (C=O) groups is 1. The third-order valence-corrected chi connectivity index (χ3v) is 2.59.